The molecule has 0 saturated heterocycles. The fraction of sp³-hybridized carbons (Fsp3) is 0.192. The number of carbonyl (C=O) groups is 1. The van der Waals surface area contributed by atoms with Crippen molar-refractivity contribution in [1.29, 1.82) is 0 Å². The van der Waals surface area contributed by atoms with Crippen molar-refractivity contribution in [3.8, 4) is 22.7 Å². The SMILES string of the molecule is COc1cc(/C=C2\CCCn3c2nc(-c2ccc(F)cc2)c3C=O)ccc1-n1cnc(C)c1. The first-order chi connectivity index (χ1) is 16.1. The highest BCUT2D eigenvalue weighted by atomic mass is 19.1. The molecule has 0 unspecified atom stereocenters. The zero-order chi connectivity index (χ0) is 22.9. The Balaban J connectivity index is 1.56. The van der Waals surface area contributed by atoms with E-state index in [1.807, 2.05) is 40.5 Å². The monoisotopic (exact) mass is 442 g/mol. The number of allylic oxidation sites excluding steroid dienone is 1. The Kier molecular flexibility index (Phi) is 5.38. The number of imidazole rings is 2. The number of hydrogen-bond donors (Lipinski definition) is 0. The highest BCUT2D eigenvalue weighted by Gasteiger charge is 2.23. The number of rotatable bonds is 5. The maximum atomic E-state index is 13.4. The molecule has 33 heavy (non-hydrogen) atoms. The van der Waals surface area contributed by atoms with E-state index in [0.717, 1.165) is 65.3 Å². The maximum absolute atomic E-state index is 13.4. The zero-order valence-corrected chi connectivity index (χ0v) is 18.5. The van der Waals surface area contributed by atoms with Crippen LogP contribution in [0, 0.1) is 12.7 Å². The van der Waals surface area contributed by atoms with Crippen LogP contribution in [-0.4, -0.2) is 32.5 Å². The summed E-state index contributed by atoms with van der Waals surface area (Å²) >= 11 is 0. The van der Waals surface area contributed by atoms with Crippen molar-refractivity contribution in [1.82, 2.24) is 19.1 Å². The number of halogens is 1. The minimum Gasteiger partial charge on any atom is -0.495 e. The molecule has 3 heterocycles. The van der Waals surface area contributed by atoms with Gasteiger partial charge in [0.1, 0.15) is 23.1 Å². The maximum Gasteiger partial charge on any atom is 0.168 e. The summed E-state index contributed by atoms with van der Waals surface area (Å²) in [5, 5.41) is 0. The van der Waals surface area contributed by atoms with Crippen LogP contribution in [0.1, 0.15) is 40.4 Å². The van der Waals surface area contributed by atoms with Crippen LogP contribution in [-0.2, 0) is 6.54 Å². The lowest BCUT2D eigenvalue weighted by molar-refractivity contribution is 0.111. The third-order valence-electron chi connectivity index (χ3n) is 5.89. The molecule has 0 radical (unpaired) electrons. The Bertz CT molecular complexity index is 1370. The van der Waals surface area contributed by atoms with Crippen molar-refractivity contribution in [2.24, 2.45) is 0 Å². The Labute approximate surface area is 191 Å². The van der Waals surface area contributed by atoms with Crippen LogP contribution in [0.3, 0.4) is 0 Å². The lowest BCUT2D eigenvalue weighted by atomic mass is 10.0. The van der Waals surface area contributed by atoms with Crippen molar-refractivity contribution in [3.05, 3.63) is 83.6 Å². The molecule has 4 aromatic rings. The molecule has 0 saturated carbocycles. The van der Waals surface area contributed by atoms with Crippen LogP contribution in [0.5, 0.6) is 5.75 Å². The quantitative estimate of drug-likeness (QED) is 0.392. The summed E-state index contributed by atoms with van der Waals surface area (Å²) in [6.07, 6.45) is 8.40. The summed E-state index contributed by atoms with van der Waals surface area (Å²) in [4.78, 5) is 21.0. The van der Waals surface area contributed by atoms with Crippen LogP contribution >= 0.6 is 0 Å². The van der Waals surface area contributed by atoms with E-state index in [1.54, 1.807) is 25.6 Å². The molecular weight excluding hydrogens is 419 g/mol. The van der Waals surface area contributed by atoms with Gasteiger partial charge in [0.2, 0.25) is 0 Å². The number of carbonyl (C=O) groups excluding carboxylic acids is 1. The molecule has 1 aliphatic heterocycles. The Morgan fingerprint density at radius 1 is 1.15 bits per heavy atom. The Hall–Kier alpha value is -4.00. The van der Waals surface area contributed by atoms with E-state index in [2.05, 4.69) is 11.1 Å². The summed E-state index contributed by atoms with van der Waals surface area (Å²) in [7, 11) is 1.65. The molecular formula is C26H23FN4O2. The lowest BCUT2D eigenvalue weighted by Gasteiger charge is -2.18. The van der Waals surface area contributed by atoms with E-state index >= 15 is 0 Å². The van der Waals surface area contributed by atoms with Crippen molar-refractivity contribution in [2.75, 3.05) is 7.11 Å². The summed E-state index contributed by atoms with van der Waals surface area (Å²) in [6.45, 7) is 2.66. The van der Waals surface area contributed by atoms with Gasteiger partial charge in [-0.05, 0) is 73.4 Å². The van der Waals surface area contributed by atoms with E-state index in [1.165, 1.54) is 12.1 Å². The smallest absolute Gasteiger partial charge is 0.168 e. The number of aryl methyl sites for hydroxylation is 1. The molecule has 0 atom stereocenters. The van der Waals surface area contributed by atoms with Crippen molar-refractivity contribution < 1.29 is 13.9 Å². The first kappa shape index (κ1) is 20.9. The van der Waals surface area contributed by atoms with Gasteiger partial charge in [0.25, 0.3) is 0 Å². The fourth-order valence-corrected chi connectivity index (χ4v) is 4.30. The number of aromatic nitrogens is 4. The second kappa shape index (κ2) is 8.50. The molecule has 5 rings (SSSR count). The number of ether oxygens (including phenoxy) is 1. The van der Waals surface area contributed by atoms with Crippen molar-refractivity contribution >= 4 is 17.9 Å². The van der Waals surface area contributed by atoms with Gasteiger partial charge in [0.05, 0.1) is 30.5 Å². The number of aldehydes is 1. The van der Waals surface area contributed by atoms with Gasteiger partial charge < -0.3 is 13.9 Å². The van der Waals surface area contributed by atoms with E-state index in [4.69, 9.17) is 9.72 Å². The van der Waals surface area contributed by atoms with E-state index < -0.39 is 0 Å². The van der Waals surface area contributed by atoms with Gasteiger partial charge in [-0.1, -0.05) is 6.07 Å². The summed E-state index contributed by atoms with van der Waals surface area (Å²) in [5.74, 6) is 1.19. The summed E-state index contributed by atoms with van der Waals surface area (Å²) in [6, 6.07) is 12.1. The molecule has 0 fully saturated rings. The average Bonchev–Trinajstić information content (AvgIpc) is 3.43. The standard InChI is InChI=1S/C26H23FN4O2/c1-17-14-30(16-28-17)22-10-5-18(13-24(22)33-2)12-20-4-3-11-31-23(15-32)25(29-26(20)31)19-6-8-21(27)9-7-19/h5-10,12-16H,3-4,11H2,1-2H3/b20-12+. The molecule has 2 aromatic carbocycles. The number of fused-ring (bicyclic) bond motifs is 1. The minimum atomic E-state index is -0.320. The van der Waals surface area contributed by atoms with Gasteiger partial charge in [0, 0.05) is 18.3 Å². The van der Waals surface area contributed by atoms with Crippen LogP contribution in [0.25, 0.3) is 28.6 Å². The first-order valence-electron chi connectivity index (χ1n) is 10.8. The van der Waals surface area contributed by atoms with Crippen LogP contribution < -0.4 is 4.74 Å². The summed E-state index contributed by atoms with van der Waals surface area (Å²) in [5.41, 5.74) is 5.69. The molecule has 0 N–H and O–H groups in total. The molecule has 6 nitrogen and oxygen atoms in total. The number of hydrogen-bond acceptors (Lipinski definition) is 4. The molecule has 7 heteroatoms. The van der Waals surface area contributed by atoms with Gasteiger partial charge >= 0.3 is 0 Å². The van der Waals surface area contributed by atoms with Gasteiger partial charge in [0.15, 0.2) is 6.29 Å². The fourth-order valence-electron chi connectivity index (χ4n) is 4.30. The third kappa shape index (κ3) is 3.86. The molecule has 0 amide bonds. The molecule has 166 valence electrons. The molecule has 0 aliphatic carbocycles. The predicted octanol–water partition coefficient (Wildman–Crippen LogP) is 5.34. The van der Waals surface area contributed by atoms with E-state index in [9.17, 15) is 9.18 Å². The molecule has 1 aliphatic rings. The highest BCUT2D eigenvalue weighted by molar-refractivity contribution is 5.88. The molecule has 0 bridgehead atoms. The molecule has 0 spiro atoms. The Morgan fingerprint density at radius 3 is 2.67 bits per heavy atom. The second-order valence-corrected chi connectivity index (χ2v) is 8.07. The van der Waals surface area contributed by atoms with E-state index in [-0.39, 0.29) is 5.82 Å². The van der Waals surface area contributed by atoms with Gasteiger partial charge in [-0.2, -0.15) is 0 Å². The van der Waals surface area contributed by atoms with Gasteiger partial charge in [-0.15, -0.1) is 0 Å². The third-order valence-corrected chi connectivity index (χ3v) is 5.89. The second-order valence-electron chi connectivity index (χ2n) is 8.07. The van der Waals surface area contributed by atoms with Crippen molar-refractivity contribution in [3.63, 3.8) is 0 Å². The zero-order valence-electron chi connectivity index (χ0n) is 18.5. The van der Waals surface area contributed by atoms with Gasteiger partial charge in [-0.25, -0.2) is 14.4 Å². The van der Waals surface area contributed by atoms with Crippen molar-refractivity contribution in [2.45, 2.75) is 26.3 Å². The van der Waals surface area contributed by atoms with Gasteiger partial charge in [-0.3, -0.25) is 4.79 Å². The number of benzene rings is 2. The van der Waals surface area contributed by atoms with Crippen LogP contribution in [0.4, 0.5) is 4.39 Å². The predicted molar refractivity (Wildman–Crippen MR) is 125 cm³/mol. The summed E-state index contributed by atoms with van der Waals surface area (Å²) < 4.78 is 22.9. The van der Waals surface area contributed by atoms with Crippen LogP contribution in [0.2, 0.25) is 0 Å². The highest BCUT2D eigenvalue weighted by Crippen LogP contribution is 2.34. The molecule has 2 aromatic heterocycles. The first-order valence-corrected chi connectivity index (χ1v) is 10.8. The normalized spacial score (nSPS) is 14.3. The number of methoxy groups -OCH3 is 1. The Morgan fingerprint density at radius 2 is 1.97 bits per heavy atom. The minimum absolute atomic E-state index is 0.320. The average molecular weight is 442 g/mol. The topological polar surface area (TPSA) is 61.9 Å². The number of nitrogens with zero attached hydrogens (tertiary/aromatic N) is 4. The van der Waals surface area contributed by atoms with E-state index in [0.29, 0.717) is 11.4 Å². The lowest BCUT2D eigenvalue weighted by Crippen LogP contribution is -2.12. The van der Waals surface area contributed by atoms with Crippen LogP contribution in [0.15, 0.2) is 55.0 Å². The largest absolute Gasteiger partial charge is 0.495 e.